The molecule has 2 heterocycles. The van der Waals surface area contributed by atoms with Crippen molar-refractivity contribution in [3.05, 3.63) is 17.5 Å². The predicted molar refractivity (Wildman–Crippen MR) is 69.8 cm³/mol. The van der Waals surface area contributed by atoms with Gasteiger partial charge in [-0.2, -0.15) is 4.31 Å². The van der Waals surface area contributed by atoms with Crippen LogP contribution in [0.4, 0.5) is 0 Å². The Morgan fingerprint density at radius 1 is 1.41 bits per heavy atom. The van der Waals surface area contributed by atoms with E-state index < -0.39 is 10.0 Å². The van der Waals surface area contributed by atoms with Crippen molar-refractivity contribution in [3.8, 4) is 0 Å². The summed E-state index contributed by atoms with van der Waals surface area (Å²) in [6.45, 7) is 3.61. The van der Waals surface area contributed by atoms with Gasteiger partial charge in [-0.25, -0.2) is 8.42 Å². The first kappa shape index (κ1) is 13.0. The first-order chi connectivity index (χ1) is 8.10. The smallest absolute Gasteiger partial charge is 0.252 e. The molecular weight excluding hydrogens is 256 g/mol. The normalized spacial score (nSPS) is 18.0. The molecule has 0 unspecified atom stereocenters. The Bertz CT molecular complexity index is 436. The Balaban J connectivity index is 1.92. The predicted octanol–water partition coefficient (Wildman–Crippen LogP) is 1.46. The zero-order valence-electron chi connectivity index (χ0n) is 10.0. The van der Waals surface area contributed by atoms with Crippen LogP contribution in [0, 0.1) is 0 Å². The second-order valence-corrected chi connectivity index (χ2v) is 7.53. The van der Waals surface area contributed by atoms with Crippen LogP contribution in [0.5, 0.6) is 0 Å². The molecule has 0 spiro atoms. The van der Waals surface area contributed by atoms with Crippen LogP contribution in [0.1, 0.15) is 12.8 Å². The highest BCUT2D eigenvalue weighted by Gasteiger charge is 2.22. The minimum atomic E-state index is -3.26. The van der Waals surface area contributed by atoms with Gasteiger partial charge in [0.25, 0.3) is 10.0 Å². The lowest BCUT2D eigenvalue weighted by molar-refractivity contribution is 0.310. The van der Waals surface area contributed by atoms with Gasteiger partial charge in [0.2, 0.25) is 0 Å². The van der Waals surface area contributed by atoms with Gasteiger partial charge >= 0.3 is 0 Å². The third kappa shape index (κ3) is 3.07. The van der Waals surface area contributed by atoms with Gasteiger partial charge in [0.15, 0.2) is 0 Å². The fourth-order valence-corrected chi connectivity index (χ4v) is 4.34. The van der Waals surface area contributed by atoms with Crippen LogP contribution < -0.4 is 0 Å². The van der Waals surface area contributed by atoms with Gasteiger partial charge in [-0.1, -0.05) is 6.07 Å². The molecule has 6 heteroatoms. The van der Waals surface area contributed by atoms with E-state index in [0.29, 0.717) is 10.8 Å². The molecule has 4 nitrogen and oxygen atoms in total. The van der Waals surface area contributed by atoms with Gasteiger partial charge in [0.1, 0.15) is 4.21 Å². The summed E-state index contributed by atoms with van der Waals surface area (Å²) in [4.78, 5) is 2.32. The highest BCUT2D eigenvalue weighted by molar-refractivity contribution is 7.91. The summed E-state index contributed by atoms with van der Waals surface area (Å²) in [6, 6.07) is 3.43. The van der Waals surface area contributed by atoms with Crippen LogP contribution in [0.3, 0.4) is 0 Å². The first-order valence-corrected chi connectivity index (χ1v) is 8.15. The Morgan fingerprint density at radius 2 is 2.12 bits per heavy atom. The molecule has 2 rings (SSSR count). The molecule has 0 amide bonds. The molecule has 0 N–H and O–H groups in total. The van der Waals surface area contributed by atoms with Gasteiger partial charge < -0.3 is 4.90 Å². The van der Waals surface area contributed by atoms with Gasteiger partial charge in [0, 0.05) is 20.1 Å². The highest BCUT2D eigenvalue weighted by Crippen LogP contribution is 2.19. The number of hydrogen-bond acceptors (Lipinski definition) is 4. The summed E-state index contributed by atoms with van der Waals surface area (Å²) in [7, 11) is -1.60. The number of likely N-dealkylation sites (N-methyl/N-ethyl adjacent to an activating group) is 1. The molecule has 1 aliphatic rings. The van der Waals surface area contributed by atoms with Crippen LogP contribution in [0.15, 0.2) is 21.7 Å². The summed E-state index contributed by atoms with van der Waals surface area (Å²) in [6.07, 6.45) is 2.47. The third-order valence-corrected chi connectivity index (χ3v) is 6.32. The van der Waals surface area contributed by atoms with Crippen molar-refractivity contribution in [2.75, 3.05) is 33.2 Å². The standard InChI is InChI=1S/C11H18N2O2S2/c1-12(8-9-13-6-2-3-7-13)17(14,15)11-5-4-10-16-11/h4-5,10H,2-3,6-9H2,1H3. The van der Waals surface area contributed by atoms with Crippen molar-refractivity contribution in [1.82, 2.24) is 9.21 Å². The molecule has 0 aliphatic carbocycles. The lowest BCUT2D eigenvalue weighted by Gasteiger charge is -2.20. The van der Waals surface area contributed by atoms with Crippen LogP contribution in [-0.4, -0.2) is 50.8 Å². The third-order valence-electron chi connectivity index (χ3n) is 3.09. The molecule has 96 valence electrons. The number of rotatable bonds is 5. The van der Waals surface area contributed by atoms with E-state index in [1.54, 1.807) is 24.6 Å². The van der Waals surface area contributed by atoms with E-state index >= 15 is 0 Å². The molecule has 0 bridgehead atoms. The van der Waals surface area contributed by atoms with Gasteiger partial charge in [-0.15, -0.1) is 11.3 Å². The number of likely N-dealkylation sites (tertiary alicyclic amines) is 1. The summed E-state index contributed by atoms with van der Waals surface area (Å²) in [5, 5.41) is 1.79. The van der Waals surface area contributed by atoms with Crippen molar-refractivity contribution >= 4 is 21.4 Å². The van der Waals surface area contributed by atoms with E-state index in [2.05, 4.69) is 4.90 Å². The van der Waals surface area contributed by atoms with E-state index in [-0.39, 0.29) is 0 Å². The zero-order valence-corrected chi connectivity index (χ0v) is 11.6. The van der Waals surface area contributed by atoms with Crippen molar-refractivity contribution in [1.29, 1.82) is 0 Å². The van der Waals surface area contributed by atoms with Crippen molar-refractivity contribution in [2.45, 2.75) is 17.1 Å². The number of sulfonamides is 1. The molecule has 0 radical (unpaired) electrons. The Kier molecular flexibility index (Phi) is 4.19. The SMILES string of the molecule is CN(CCN1CCCC1)S(=O)(=O)c1cccs1. The second kappa shape index (κ2) is 5.48. The molecule has 17 heavy (non-hydrogen) atoms. The Hall–Kier alpha value is -0.430. The first-order valence-electron chi connectivity index (χ1n) is 5.83. The maximum absolute atomic E-state index is 12.1. The number of hydrogen-bond donors (Lipinski definition) is 0. The molecule has 0 aromatic carbocycles. The molecular formula is C11H18N2O2S2. The molecule has 1 aromatic heterocycles. The Morgan fingerprint density at radius 3 is 2.71 bits per heavy atom. The topological polar surface area (TPSA) is 40.6 Å². The van der Waals surface area contributed by atoms with Gasteiger partial charge in [-0.05, 0) is 37.4 Å². The largest absolute Gasteiger partial charge is 0.302 e. The average Bonchev–Trinajstić information content (AvgIpc) is 2.98. The molecule has 1 saturated heterocycles. The summed E-state index contributed by atoms with van der Waals surface area (Å²) >= 11 is 1.27. The lowest BCUT2D eigenvalue weighted by atomic mass is 10.4. The monoisotopic (exact) mass is 274 g/mol. The number of nitrogens with zero attached hydrogens (tertiary/aromatic N) is 2. The van der Waals surface area contributed by atoms with Crippen LogP contribution >= 0.6 is 11.3 Å². The van der Waals surface area contributed by atoms with E-state index in [1.165, 1.54) is 28.5 Å². The van der Waals surface area contributed by atoms with Crippen molar-refractivity contribution < 1.29 is 8.42 Å². The molecule has 0 atom stereocenters. The fourth-order valence-electron chi connectivity index (χ4n) is 1.97. The lowest BCUT2D eigenvalue weighted by Crippen LogP contribution is -2.34. The second-order valence-electron chi connectivity index (χ2n) is 4.31. The molecule has 0 saturated carbocycles. The number of thiophene rings is 1. The zero-order chi connectivity index (χ0) is 12.3. The van der Waals surface area contributed by atoms with Gasteiger partial charge in [-0.3, -0.25) is 0 Å². The highest BCUT2D eigenvalue weighted by atomic mass is 32.2. The van der Waals surface area contributed by atoms with Gasteiger partial charge in [0.05, 0.1) is 0 Å². The van der Waals surface area contributed by atoms with E-state index in [1.807, 2.05) is 0 Å². The average molecular weight is 274 g/mol. The fraction of sp³-hybridized carbons (Fsp3) is 0.636. The van der Waals surface area contributed by atoms with E-state index in [9.17, 15) is 8.42 Å². The minimum Gasteiger partial charge on any atom is -0.302 e. The molecule has 1 fully saturated rings. The maximum Gasteiger partial charge on any atom is 0.252 e. The quantitative estimate of drug-likeness (QED) is 0.816. The van der Waals surface area contributed by atoms with Crippen LogP contribution in [0.25, 0.3) is 0 Å². The summed E-state index contributed by atoms with van der Waals surface area (Å²) in [5.74, 6) is 0. The maximum atomic E-state index is 12.1. The van der Waals surface area contributed by atoms with E-state index in [4.69, 9.17) is 0 Å². The van der Waals surface area contributed by atoms with Crippen LogP contribution in [-0.2, 0) is 10.0 Å². The van der Waals surface area contributed by atoms with Crippen molar-refractivity contribution in [3.63, 3.8) is 0 Å². The van der Waals surface area contributed by atoms with Crippen molar-refractivity contribution in [2.24, 2.45) is 0 Å². The van der Waals surface area contributed by atoms with Crippen LogP contribution in [0.2, 0.25) is 0 Å². The molecule has 1 aromatic rings. The summed E-state index contributed by atoms with van der Waals surface area (Å²) in [5.41, 5.74) is 0. The summed E-state index contributed by atoms with van der Waals surface area (Å²) < 4.78 is 26.1. The van der Waals surface area contributed by atoms with E-state index in [0.717, 1.165) is 19.6 Å². The minimum absolute atomic E-state index is 0.432. The Labute approximate surface area is 107 Å². The molecule has 1 aliphatic heterocycles.